The van der Waals surface area contributed by atoms with Crippen molar-refractivity contribution in [1.29, 1.82) is 0 Å². The third kappa shape index (κ3) is 2.86. The molecule has 6 heteroatoms. The van der Waals surface area contributed by atoms with Crippen LogP contribution in [0.5, 0.6) is 5.75 Å². The predicted molar refractivity (Wildman–Crippen MR) is 96.2 cm³/mol. The number of anilines is 1. The molecular weight excluding hydrogens is 320 g/mol. The number of benzene rings is 1. The molecule has 0 radical (unpaired) electrons. The van der Waals surface area contributed by atoms with Gasteiger partial charge in [-0.15, -0.1) is 10.2 Å². The fourth-order valence-corrected chi connectivity index (χ4v) is 3.53. The van der Waals surface area contributed by atoms with Crippen molar-refractivity contribution in [1.82, 2.24) is 15.2 Å². The van der Waals surface area contributed by atoms with Gasteiger partial charge in [-0.2, -0.15) is 0 Å². The van der Waals surface area contributed by atoms with Crippen LogP contribution in [-0.4, -0.2) is 27.7 Å². The van der Waals surface area contributed by atoms with Gasteiger partial charge in [-0.3, -0.25) is 0 Å². The van der Waals surface area contributed by atoms with Gasteiger partial charge in [0.2, 0.25) is 5.16 Å². The van der Waals surface area contributed by atoms with E-state index in [4.69, 9.17) is 4.74 Å². The smallest absolute Gasteiger partial charge is 0.210 e. The molecule has 4 rings (SSSR count). The lowest BCUT2D eigenvalue weighted by molar-refractivity contribution is 0.152. The van der Waals surface area contributed by atoms with Crippen LogP contribution in [0.4, 0.5) is 5.82 Å². The highest BCUT2D eigenvalue weighted by Crippen LogP contribution is 2.39. The normalized spacial score (nSPS) is 22.3. The first-order valence-electron chi connectivity index (χ1n) is 8.21. The van der Waals surface area contributed by atoms with E-state index in [0.29, 0.717) is 11.1 Å². The third-order valence-electron chi connectivity index (χ3n) is 4.63. The number of aromatic nitrogens is 3. The SMILES string of the molecule is CSc1nnc2c(n1)N[C@@H]([C@H]1CC=C(C)CC1)Oc1ccccc1-2. The molecule has 2 aliphatic rings. The highest BCUT2D eigenvalue weighted by Gasteiger charge is 2.30. The van der Waals surface area contributed by atoms with Crippen LogP contribution in [0.1, 0.15) is 26.2 Å². The van der Waals surface area contributed by atoms with Crippen molar-refractivity contribution in [3.05, 3.63) is 35.9 Å². The van der Waals surface area contributed by atoms with Crippen molar-refractivity contribution >= 4 is 17.6 Å². The average Bonchev–Trinajstić information content (AvgIpc) is 2.78. The van der Waals surface area contributed by atoms with Crippen LogP contribution in [0.25, 0.3) is 11.3 Å². The maximum absolute atomic E-state index is 6.33. The monoisotopic (exact) mass is 340 g/mol. The summed E-state index contributed by atoms with van der Waals surface area (Å²) in [6, 6.07) is 7.98. The summed E-state index contributed by atoms with van der Waals surface area (Å²) in [7, 11) is 0. The number of allylic oxidation sites excluding steroid dienone is 2. The van der Waals surface area contributed by atoms with Gasteiger partial charge in [0.25, 0.3) is 0 Å². The van der Waals surface area contributed by atoms with E-state index >= 15 is 0 Å². The summed E-state index contributed by atoms with van der Waals surface area (Å²) in [5, 5.41) is 12.7. The second-order valence-corrected chi connectivity index (χ2v) is 7.03. The summed E-state index contributed by atoms with van der Waals surface area (Å²) in [5.74, 6) is 2.02. The zero-order chi connectivity index (χ0) is 16.5. The van der Waals surface area contributed by atoms with Crippen molar-refractivity contribution in [3.63, 3.8) is 0 Å². The molecule has 2 aromatic rings. The minimum atomic E-state index is -0.108. The van der Waals surface area contributed by atoms with Gasteiger partial charge in [-0.25, -0.2) is 4.98 Å². The minimum absolute atomic E-state index is 0.108. The third-order valence-corrected chi connectivity index (χ3v) is 5.17. The molecular formula is C18H20N4OS. The lowest BCUT2D eigenvalue weighted by atomic mass is 9.89. The van der Waals surface area contributed by atoms with Crippen molar-refractivity contribution in [3.8, 4) is 17.0 Å². The van der Waals surface area contributed by atoms with E-state index in [-0.39, 0.29) is 6.23 Å². The fraction of sp³-hybridized carbons (Fsp3) is 0.389. The number of fused-ring (bicyclic) bond motifs is 3. The summed E-state index contributed by atoms with van der Waals surface area (Å²) in [4.78, 5) is 4.63. The topological polar surface area (TPSA) is 59.9 Å². The molecule has 5 nitrogen and oxygen atoms in total. The molecule has 1 N–H and O–H groups in total. The molecule has 1 aliphatic heterocycles. The van der Waals surface area contributed by atoms with Crippen LogP contribution < -0.4 is 10.1 Å². The van der Waals surface area contributed by atoms with Gasteiger partial charge in [0.15, 0.2) is 12.0 Å². The Labute approximate surface area is 145 Å². The Balaban J connectivity index is 1.76. The molecule has 1 aromatic heterocycles. The summed E-state index contributed by atoms with van der Waals surface area (Å²) >= 11 is 1.49. The molecule has 124 valence electrons. The second kappa shape index (κ2) is 6.43. The van der Waals surface area contributed by atoms with Gasteiger partial charge in [-0.05, 0) is 44.6 Å². The maximum Gasteiger partial charge on any atom is 0.210 e. The van der Waals surface area contributed by atoms with E-state index in [9.17, 15) is 0 Å². The van der Waals surface area contributed by atoms with Gasteiger partial charge >= 0.3 is 0 Å². The number of thioether (sulfide) groups is 1. The molecule has 2 atom stereocenters. The zero-order valence-electron chi connectivity index (χ0n) is 13.8. The first-order valence-corrected chi connectivity index (χ1v) is 9.44. The number of para-hydroxylation sites is 1. The molecule has 0 spiro atoms. The summed E-state index contributed by atoms with van der Waals surface area (Å²) in [6.07, 6.45) is 7.43. The van der Waals surface area contributed by atoms with Gasteiger partial charge < -0.3 is 10.1 Å². The first-order chi connectivity index (χ1) is 11.7. The predicted octanol–water partition coefficient (Wildman–Crippen LogP) is 4.14. The molecule has 1 aliphatic carbocycles. The Morgan fingerprint density at radius 3 is 2.92 bits per heavy atom. The summed E-state index contributed by atoms with van der Waals surface area (Å²) < 4.78 is 6.33. The second-order valence-electron chi connectivity index (χ2n) is 6.26. The van der Waals surface area contributed by atoms with Crippen molar-refractivity contribution < 1.29 is 4.74 Å². The van der Waals surface area contributed by atoms with E-state index in [0.717, 1.165) is 42.1 Å². The largest absolute Gasteiger partial charge is 0.470 e. The highest BCUT2D eigenvalue weighted by atomic mass is 32.2. The van der Waals surface area contributed by atoms with Gasteiger partial charge in [0, 0.05) is 11.5 Å². The lowest BCUT2D eigenvalue weighted by Gasteiger charge is -2.29. The number of nitrogens with zero attached hydrogens (tertiary/aromatic N) is 3. The van der Waals surface area contributed by atoms with Crippen LogP contribution in [0, 0.1) is 5.92 Å². The summed E-state index contributed by atoms with van der Waals surface area (Å²) in [6.45, 7) is 2.20. The summed E-state index contributed by atoms with van der Waals surface area (Å²) in [5.41, 5.74) is 3.17. The Bertz CT molecular complexity index is 792. The zero-order valence-corrected chi connectivity index (χ0v) is 14.6. The number of hydrogen-bond acceptors (Lipinski definition) is 6. The lowest BCUT2D eigenvalue weighted by Crippen LogP contribution is -2.35. The minimum Gasteiger partial charge on any atom is -0.470 e. The Morgan fingerprint density at radius 1 is 1.25 bits per heavy atom. The molecule has 1 aromatic carbocycles. The average molecular weight is 340 g/mol. The molecule has 0 amide bonds. The molecule has 0 fully saturated rings. The first kappa shape index (κ1) is 15.4. The van der Waals surface area contributed by atoms with Crippen molar-refractivity contribution in [2.24, 2.45) is 5.92 Å². The number of nitrogens with one attached hydrogen (secondary N) is 1. The molecule has 0 saturated heterocycles. The Kier molecular flexibility index (Phi) is 4.14. The molecule has 0 unspecified atom stereocenters. The van der Waals surface area contributed by atoms with Crippen LogP contribution in [0.3, 0.4) is 0 Å². The Hall–Kier alpha value is -2.08. The van der Waals surface area contributed by atoms with Gasteiger partial charge in [0.05, 0.1) is 0 Å². The van der Waals surface area contributed by atoms with Crippen LogP contribution in [0.15, 0.2) is 41.1 Å². The van der Waals surface area contributed by atoms with Crippen LogP contribution in [0.2, 0.25) is 0 Å². The number of ether oxygens (including phenoxy) is 1. The van der Waals surface area contributed by atoms with Gasteiger partial charge in [-0.1, -0.05) is 35.5 Å². The van der Waals surface area contributed by atoms with Crippen molar-refractivity contribution in [2.45, 2.75) is 37.6 Å². The highest BCUT2D eigenvalue weighted by molar-refractivity contribution is 7.98. The molecule has 0 bridgehead atoms. The van der Waals surface area contributed by atoms with E-state index in [2.05, 4.69) is 33.5 Å². The fourth-order valence-electron chi connectivity index (χ4n) is 3.22. The molecule has 2 heterocycles. The number of hydrogen-bond donors (Lipinski definition) is 1. The van der Waals surface area contributed by atoms with Gasteiger partial charge in [0.1, 0.15) is 11.4 Å². The van der Waals surface area contributed by atoms with Crippen LogP contribution in [-0.2, 0) is 0 Å². The van der Waals surface area contributed by atoms with Crippen LogP contribution >= 0.6 is 11.8 Å². The quantitative estimate of drug-likeness (QED) is 0.655. The maximum atomic E-state index is 6.33. The van der Waals surface area contributed by atoms with E-state index in [1.54, 1.807) is 0 Å². The van der Waals surface area contributed by atoms with E-state index in [1.807, 2.05) is 30.5 Å². The molecule has 0 saturated carbocycles. The standard InChI is InChI=1S/C18H20N4OS/c1-11-7-9-12(10-8-11)17-19-16-15(21-22-18(20-16)24-2)13-5-3-4-6-14(13)23-17/h3-7,12,17H,8-10H2,1-2H3,(H,19,20,22)/t12-,17+/m0/s1. The van der Waals surface area contributed by atoms with Crippen molar-refractivity contribution in [2.75, 3.05) is 11.6 Å². The molecule has 24 heavy (non-hydrogen) atoms. The Morgan fingerprint density at radius 2 is 2.12 bits per heavy atom. The number of rotatable bonds is 2. The van der Waals surface area contributed by atoms with E-state index < -0.39 is 0 Å². The van der Waals surface area contributed by atoms with E-state index in [1.165, 1.54) is 17.3 Å².